The second-order valence-electron chi connectivity index (χ2n) is 3.47. The van der Waals surface area contributed by atoms with Crippen LogP contribution in [-0.2, 0) is 15.0 Å². The molecule has 28 heavy (non-hydrogen) atoms. The minimum Gasteiger partial charge on any atom is -0.361 e. The monoisotopic (exact) mass is 682 g/mol. The number of nitrogens with zero attached hydrogens (tertiary/aromatic N) is 2. The van der Waals surface area contributed by atoms with Gasteiger partial charge in [0.2, 0.25) is 0 Å². The van der Waals surface area contributed by atoms with Crippen LogP contribution in [-0.4, -0.2) is 102 Å². The van der Waals surface area contributed by atoms with E-state index in [-0.39, 0.29) is 0 Å². The van der Waals surface area contributed by atoms with Gasteiger partial charge >= 0.3 is 120 Å². The van der Waals surface area contributed by atoms with Crippen LogP contribution in [0.4, 0.5) is 13.9 Å². The number of rotatable bonds is 0. The van der Waals surface area contributed by atoms with Gasteiger partial charge in [-0.05, 0) is 0 Å². The van der Waals surface area contributed by atoms with Crippen LogP contribution in [0.3, 0.4) is 0 Å². The largest absolute Gasteiger partial charge is 0.361 e. The van der Waals surface area contributed by atoms with Gasteiger partial charge in [-0.3, -0.25) is 0 Å². The van der Waals surface area contributed by atoms with E-state index in [2.05, 4.69) is 4.79 Å². The van der Waals surface area contributed by atoms with Gasteiger partial charge in [0.05, 0.1) is 6.42 Å². The van der Waals surface area contributed by atoms with Crippen molar-refractivity contribution >= 4 is 64.3 Å². The molecule has 0 aromatic carbocycles. The Kier molecular flexibility index (Phi) is 20.7. The van der Waals surface area contributed by atoms with E-state index in [4.69, 9.17) is 53.3 Å². The summed E-state index contributed by atoms with van der Waals surface area (Å²) in [5.41, 5.74) is 8.91. The van der Waals surface area contributed by atoms with Gasteiger partial charge in [0.1, 0.15) is 0 Å². The molecule has 0 atom stereocenters. The van der Waals surface area contributed by atoms with Gasteiger partial charge in [0.15, 0.2) is 0 Å². The molecular weight excluding hydrogens is 668 g/mol. The van der Waals surface area contributed by atoms with Crippen LogP contribution in [0, 0.1) is 0 Å². The van der Waals surface area contributed by atoms with Crippen molar-refractivity contribution in [1.82, 2.24) is 0 Å². The van der Waals surface area contributed by atoms with Crippen molar-refractivity contribution in [2.45, 2.75) is 6.42 Å². The Balaban J connectivity index is -0.000000131. The van der Waals surface area contributed by atoms with Gasteiger partial charge in [0.25, 0.3) is 5.71 Å². The summed E-state index contributed by atoms with van der Waals surface area (Å²) in [5, 5.41) is 0. The first kappa shape index (κ1) is 35.2. The molecule has 0 unspecified atom stereocenters. The van der Waals surface area contributed by atoms with Crippen LogP contribution in [0.15, 0.2) is 24.3 Å². The van der Waals surface area contributed by atoms with Gasteiger partial charge < -0.3 is 5.53 Å². The summed E-state index contributed by atoms with van der Waals surface area (Å²) in [6.07, 6.45) is 8.23. The summed E-state index contributed by atoms with van der Waals surface area (Å²) in [7, 11) is 0. The van der Waals surface area contributed by atoms with Gasteiger partial charge in [-0.2, -0.15) is 4.79 Å². The first-order valence-electron chi connectivity index (χ1n) is 5.48. The van der Waals surface area contributed by atoms with Crippen LogP contribution in [0.1, 0.15) is 6.42 Å². The Labute approximate surface area is 166 Å². The van der Waals surface area contributed by atoms with E-state index in [0.717, 1.165) is 6.42 Å². The Morgan fingerprint density at radius 2 is 0.964 bits per heavy atom. The Morgan fingerprint density at radius 1 is 0.714 bits per heavy atom. The number of allylic oxidation sites excluding steroid dienone is 4. The predicted octanol–water partition coefficient (Wildman–Crippen LogP) is -3.60. The van der Waals surface area contributed by atoms with Crippen molar-refractivity contribution in [3.05, 3.63) is 29.8 Å². The second kappa shape index (κ2) is 16.5. The maximum Gasteiger partial charge on any atom is 0.295 e. The minimum atomic E-state index is -5.62. The fraction of sp³-hybridized carbons (Fsp3) is 0.167. The molecule has 1 aliphatic rings. The van der Waals surface area contributed by atoms with E-state index in [9.17, 15) is 13.9 Å². The summed E-state index contributed by atoms with van der Waals surface area (Å²) in [4.78, 5) is 3.03. The van der Waals surface area contributed by atoms with E-state index >= 15 is 0 Å². The van der Waals surface area contributed by atoms with Crippen LogP contribution in [0.2, 0.25) is 0 Å². The molecule has 0 amide bonds. The molecular formula is C6H14As4F4N2O12. The molecule has 14 nitrogen and oxygen atoms in total. The van der Waals surface area contributed by atoms with Crippen LogP contribution >= 0.6 is 0 Å². The quantitative estimate of drug-likeness (QED) is 0.0534. The molecule has 0 aromatic heterocycles. The molecule has 0 bridgehead atoms. The molecule has 0 saturated carbocycles. The molecule has 0 saturated heterocycles. The third kappa shape index (κ3) is 167. The molecule has 0 radical (unpaired) electrons. The van der Waals surface area contributed by atoms with E-state index in [1.165, 1.54) is 0 Å². The minimum absolute atomic E-state index is 0.715. The molecule has 0 fully saturated rings. The maximum atomic E-state index is 10.4. The zero-order valence-electron chi connectivity index (χ0n) is 12.9. The SMILES string of the molecule is O=[As](O)(O)F.O=[As](O)(O)F.O=[As](O)(O)F.O=[As](O)(O)F.[N-]=[N+]=C1C=CC=CC1. The van der Waals surface area contributed by atoms with Gasteiger partial charge in [-0.15, -0.1) is 0 Å². The fourth-order valence-corrected chi connectivity index (χ4v) is 0.576. The fourth-order valence-electron chi connectivity index (χ4n) is 0.576. The standard InChI is InChI=1S/C6H6N2.4AsFH2O3/c7-8-6-4-2-1-3-5-6;4*2-1(3,4)5/h1-4H,5H2;4*(H2,3,4,5). The predicted molar refractivity (Wildman–Crippen MR) is 79.5 cm³/mol. The topological polar surface area (TPSA) is 267 Å². The third-order valence-electron chi connectivity index (χ3n) is 0.991. The molecule has 0 heterocycles. The summed E-state index contributed by atoms with van der Waals surface area (Å²) < 4.78 is 133. The summed E-state index contributed by atoms with van der Waals surface area (Å²) in [6.45, 7) is 0. The van der Waals surface area contributed by atoms with Crippen LogP contribution in [0.25, 0.3) is 5.53 Å². The zero-order chi connectivity index (χ0) is 23.8. The van der Waals surface area contributed by atoms with Gasteiger partial charge in [0, 0.05) is 6.08 Å². The molecule has 0 spiro atoms. The average Bonchev–Trinajstić information content (AvgIpc) is 2.31. The summed E-state index contributed by atoms with van der Waals surface area (Å²) in [6, 6.07) is 0. The van der Waals surface area contributed by atoms with Crippen molar-refractivity contribution in [3.8, 4) is 0 Å². The van der Waals surface area contributed by atoms with Crippen molar-refractivity contribution in [2.24, 2.45) is 0 Å². The smallest absolute Gasteiger partial charge is 0.295 e. The van der Waals surface area contributed by atoms with Crippen molar-refractivity contribution < 1.29 is 66.4 Å². The van der Waals surface area contributed by atoms with E-state index in [1.807, 2.05) is 18.2 Å². The number of hydrogen-bond acceptors (Lipinski definition) is 4. The molecule has 168 valence electrons. The van der Waals surface area contributed by atoms with Crippen molar-refractivity contribution in [1.29, 1.82) is 0 Å². The molecule has 1 rings (SSSR count). The normalized spacial score (nSPS) is 13.1. The molecule has 8 N–H and O–H groups in total. The van der Waals surface area contributed by atoms with Gasteiger partial charge in [-0.1, -0.05) is 18.2 Å². The Hall–Kier alpha value is -0.306. The number of halogens is 4. The first-order chi connectivity index (χ1) is 11.9. The number of hydrogen-bond donors (Lipinski definition) is 8. The third-order valence-corrected chi connectivity index (χ3v) is 0.991. The second-order valence-corrected chi connectivity index (χ2v) is 11.4. The Morgan fingerprint density at radius 3 is 1.07 bits per heavy atom. The maximum absolute atomic E-state index is 10.4. The Bertz CT molecular complexity index is 615. The average molecular weight is 682 g/mol. The molecule has 1 aliphatic carbocycles. The van der Waals surface area contributed by atoms with Crippen LogP contribution in [0.5, 0.6) is 0 Å². The first-order valence-corrected chi connectivity index (χ1v) is 18.1. The van der Waals surface area contributed by atoms with E-state index < -0.39 is 58.6 Å². The zero-order valence-corrected chi connectivity index (χ0v) is 20.4. The van der Waals surface area contributed by atoms with E-state index in [1.54, 1.807) is 6.08 Å². The molecule has 0 aromatic rings. The van der Waals surface area contributed by atoms with Crippen LogP contribution < -0.4 is 0 Å². The molecule has 22 heteroatoms. The summed E-state index contributed by atoms with van der Waals surface area (Å²) >= 11 is -22.5. The summed E-state index contributed by atoms with van der Waals surface area (Å²) in [5.74, 6) is 0. The van der Waals surface area contributed by atoms with E-state index in [0.29, 0.717) is 5.71 Å². The van der Waals surface area contributed by atoms with Gasteiger partial charge in [-0.25, -0.2) is 0 Å². The van der Waals surface area contributed by atoms with Crippen molar-refractivity contribution in [3.63, 3.8) is 0 Å². The molecule has 0 aliphatic heterocycles. The van der Waals surface area contributed by atoms with Crippen molar-refractivity contribution in [2.75, 3.05) is 0 Å².